The van der Waals surface area contributed by atoms with Gasteiger partial charge in [0.2, 0.25) is 0 Å². The molecule has 4 aliphatic rings. The summed E-state index contributed by atoms with van der Waals surface area (Å²) in [4.78, 5) is 18.3. The molecular formula is C40H53BF4N6NaS2. The minimum Gasteiger partial charge on any atom is -1.00 e. The molecule has 0 saturated carbocycles. The fraction of sp³-hybridized carbons (Fsp3) is 0.625. The number of hydrogen-bond acceptors (Lipinski definition) is 8. The van der Waals surface area contributed by atoms with Crippen LogP contribution >= 0.6 is 22.7 Å². The summed E-state index contributed by atoms with van der Waals surface area (Å²) in [6.07, 6.45) is 3.95. The van der Waals surface area contributed by atoms with E-state index in [1.54, 1.807) is 22.7 Å². The zero-order valence-corrected chi connectivity index (χ0v) is 35.6. The van der Waals surface area contributed by atoms with Crippen LogP contribution in [0.25, 0.3) is 20.4 Å². The molecule has 4 aromatic rings. The van der Waals surface area contributed by atoms with Crippen LogP contribution in [0.5, 0.6) is 0 Å². The third-order valence-electron chi connectivity index (χ3n) is 11.4. The van der Waals surface area contributed by atoms with E-state index in [0.717, 1.165) is 93.3 Å². The maximum atomic E-state index is 12.5. The fourth-order valence-electron chi connectivity index (χ4n) is 8.11. The van der Waals surface area contributed by atoms with Crippen molar-refractivity contribution in [2.24, 2.45) is 16.8 Å². The monoisotopic (exact) mass is 791 g/mol. The predicted octanol–water partition coefficient (Wildman–Crippen LogP) is 6.50. The Hall–Kier alpha value is -1.45. The Morgan fingerprint density at radius 1 is 0.741 bits per heavy atom. The number of fused-ring (bicyclic) bond motifs is 2. The minimum absolute atomic E-state index is 0. The van der Waals surface area contributed by atoms with Crippen LogP contribution in [0.2, 0.25) is 0 Å². The van der Waals surface area contributed by atoms with Crippen LogP contribution in [0.4, 0.5) is 17.6 Å². The van der Waals surface area contributed by atoms with Gasteiger partial charge < -0.3 is 6.74 Å². The van der Waals surface area contributed by atoms with Crippen LogP contribution in [0.3, 0.4) is 0 Å². The van der Waals surface area contributed by atoms with E-state index in [2.05, 4.69) is 55.6 Å². The molecule has 1 N–H and O–H groups in total. The van der Waals surface area contributed by atoms with Crippen molar-refractivity contribution in [3.63, 3.8) is 0 Å². The summed E-state index contributed by atoms with van der Waals surface area (Å²) in [5.41, 5.74) is 5.90. The second-order valence-corrected chi connectivity index (χ2v) is 17.6. The average Bonchev–Trinajstić information content (AvgIpc) is 3.77. The summed E-state index contributed by atoms with van der Waals surface area (Å²) in [6, 6.07) is 13.6. The van der Waals surface area contributed by atoms with E-state index in [1.165, 1.54) is 50.5 Å². The van der Waals surface area contributed by atoms with Gasteiger partial charge in [0.05, 0.1) is 43.5 Å². The minimum atomic E-state index is -2.24. The van der Waals surface area contributed by atoms with Gasteiger partial charge in [0.1, 0.15) is 0 Å². The molecule has 3 radical (unpaired) electrons. The average molecular weight is 792 g/mol. The molecule has 2 aromatic heterocycles. The van der Waals surface area contributed by atoms with Gasteiger partial charge in [-0.2, -0.15) is 0 Å². The Labute approximate surface area is 351 Å². The molecule has 287 valence electrons. The molecule has 14 heteroatoms. The van der Waals surface area contributed by atoms with Crippen molar-refractivity contribution < 1.29 is 48.5 Å². The first-order valence-electron chi connectivity index (χ1n) is 19.3. The van der Waals surface area contributed by atoms with Gasteiger partial charge in [-0.05, 0) is 131 Å². The Balaban J connectivity index is 0.000000232. The number of halogens is 4. The van der Waals surface area contributed by atoms with E-state index in [-0.39, 0.29) is 52.5 Å². The second kappa shape index (κ2) is 20.3. The zero-order chi connectivity index (χ0) is 36.2. The van der Waals surface area contributed by atoms with Crippen molar-refractivity contribution in [3.05, 3.63) is 57.5 Å². The summed E-state index contributed by atoms with van der Waals surface area (Å²) in [6.45, 7) is 9.35. The Bertz CT molecular complexity index is 1810. The zero-order valence-electron chi connectivity index (χ0n) is 33.0. The molecular weight excluding hydrogens is 738 g/mol. The SMILES string of the molecule is C[C@H]1CCC(c2ccc3sc(C4CCN(CC(F)F)CC4)nc3c2)=NC1.C[C@H]1CC[C@H](c2ccc3sc(C4CCN(CC(F)F)CC4)nc3c2)NC1.[B].[H-].[Na+]. The first-order valence-corrected chi connectivity index (χ1v) is 20.9. The van der Waals surface area contributed by atoms with Gasteiger partial charge in [0, 0.05) is 38.5 Å². The van der Waals surface area contributed by atoms with Crippen molar-refractivity contribution in [1.82, 2.24) is 25.1 Å². The van der Waals surface area contributed by atoms with Crippen molar-refractivity contribution in [3.8, 4) is 0 Å². The number of nitrogens with zero attached hydrogens (tertiary/aromatic N) is 5. The summed E-state index contributed by atoms with van der Waals surface area (Å²) >= 11 is 3.53. The van der Waals surface area contributed by atoms with Gasteiger partial charge >= 0.3 is 29.6 Å². The van der Waals surface area contributed by atoms with Crippen molar-refractivity contribution in [1.29, 1.82) is 0 Å². The van der Waals surface area contributed by atoms with E-state index < -0.39 is 12.9 Å². The third kappa shape index (κ3) is 11.4. The number of aromatic nitrogens is 2. The summed E-state index contributed by atoms with van der Waals surface area (Å²) in [5, 5.41) is 5.99. The smallest absolute Gasteiger partial charge is 1.00 e. The first kappa shape index (κ1) is 43.7. The number of likely N-dealkylation sites (tertiary alicyclic amines) is 2. The Morgan fingerprint density at radius 2 is 1.30 bits per heavy atom. The molecule has 4 aliphatic heterocycles. The molecule has 54 heavy (non-hydrogen) atoms. The number of hydrogen-bond donors (Lipinski definition) is 1. The number of rotatable bonds is 8. The van der Waals surface area contributed by atoms with Gasteiger partial charge in [-0.3, -0.25) is 14.8 Å². The molecule has 0 spiro atoms. The van der Waals surface area contributed by atoms with E-state index in [4.69, 9.17) is 15.0 Å². The van der Waals surface area contributed by atoms with Crippen LogP contribution in [0.1, 0.15) is 106 Å². The van der Waals surface area contributed by atoms with E-state index in [9.17, 15) is 17.6 Å². The first-order chi connectivity index (χ1) is 25.2. The molecule has 0 unspecified atom stereocenters. The van der Waals surface area contributed by atoms with Gasteiger partial charge in [-0.15, -0.1) is 22.7 Å². The largest absolute Gasteiger partial charge is 1.00 e. The predicted molar refractivity (Wildman–Crippen MR) is 214 cm³/mol. The van der Waals surface area contributed by atoms with Crippen LogP contribution in [-0.2, 0) is 0 Å². The molecule has 6 heterocycles. The number of alkyl halides is 4. The van der Waals surface area contributed by atoms with Crippen LogP contribution in [0.15, 0.2) is 41.4 Å². The molecule has 0 amide bonds. The molecule has 8 rings (SSSR count). The standard InChI is InChI=1S/C20H27F2N3S.C20H25F2N3S.B.Na.H/c2*1-13-2-4-16(23-11-13)15-3-5-18-17(10-15)24-20(26-18)14-6-8-25(9-7-14)12-19(21)22;;;/h3,5,10,13-14,16,19,23H,2,4,6-9,11-12H2,1H3;3,5,10,13-14,19H,2,4,6-9,11-12H2,1H3;;;/q;;;+1;-1/t13-,16+;13-;;;/m00.../s1. The van der Waals surface area contributed by atoms with Gasteiger partial charge in [0.25, 0.3) is 12.9 Å². The number of benzene rings is 2. The molecule has 2 aromatic carbocycles. The molecule has 3 atom stereocenters. The maximum Gasteiger partial charge on any atom is 1.00 e. The second-order valence-electron chi connectivity index (χ2n) is 15.5. The van der Waals surface area contributed by atoms with E-state index >= 15 is 0 Å². The van der Waals surface area contributed by atoms with Crippen LogP contribution in [-0.4, -0.2) is 99.1 Å². The Kier molecular flexibility index (Phi) is 16.4. The maximum absolute atomic E-state index is 12.5. The van der Waals surface area contributed by atoms with Crippen molar-refractivity contribution in [2.75, 3.05) is 52.4 Å². The number of aliphatic imine (C=N–C) groups is 1. The fourth-order valence-corrected chi connectivity index (χ4v) is 10.3. The molecule has 0 aliphatic carbocycles. The Morgan fingerprint density at radius 3 is 1.80 bits per heavy atom. The molecule has 3 saturated heterocycles. The van der Waals surface area contributed by atoms with Crippen LogP contribution < -0.4 is 34.9 Å². The summed E-state index contributed by atoms with van der Waals surface area (Å²) in [7, 11) is 0. The van der Waals surface area contributed by atoms with Crippen molar-refractivity contribution in [2.45, 2.75) is 95.9 Å². The van der Waals surface area contributed by atoms with Gasteiger partial charge in [-0.1, -0.05) is 26.0 Å². The summed E-state index contributed by atoms with van der Waals surface area (Å²) < 4.78 is 52.6. The quantitative estimate of drug-likeness (QED) is 0.163. The van der Waals surface area contributed by atoms with Crippen molar-refractivity contribution >= 4 is 57.2 Å². The van der Waals surface area contributed by atoms with E-state index in [0.29, 0.717) is 23.8 Å². The molecule has 3 fully saturated rings. The number of nitrogens with one attached hydrogen (secondary N) is 1. The molecule has 6 nitrogen and oxygen atoms in total. The van der Waals surface area contributed by atoms with Crippen LogP contribution in [0, 0.1) is 11.8 Å². The van der Waals surface area contributed by atoms with Gasteiger partial charge in [0.15, 0.2) is 0 Å². The molecule has 0 bridgehead atoms. The summed E-state index contributed by atoms with van der Waals surface area (Å²) in [5.74, 6) is 2.26. The third-order valence-corrected chi connectivity index (χ3v) is 13.8. The normalized spacial score (nSPS) is 23.6. The topological polar surface area (TPSA) is 56.7 Å². The number of thiazole rings is 2. The number of piperidine rings is 3. The van der Waals surface area contributed by atoms with Gasteiger partial charge in [-0.25, -0.2) is 27.5 Å². The van der Waals surface area contributed by atoms with E-state index in [1.807, 2.05) is 9.80 Å².